The molecule has 1 aromatic carbocycles. The van der Waals surface area contributed by atoms with Gasteiger partial charge in [0.15, 0.2) is 11.6 Å². The summed E-state index contributed by atoms with van der Waals surface area (Å²) in [5.41, 5.74) is 1.93. The number of allylic oxidation sites excluding steroid dienone is 1. The summed E-state index contributed by atoms with van der Waals surface area (Å²) in [6.45, 7) is 6.45. The predicted molar refractivity (Wildman–Crippen MR) is 141 cm³/mol. The SMILES string of the molecule is CCCCc1cn(-c2c(F)ccn2C(C)C)c(=O)n1CC1(c2cccc(-c3nn[nH]n3)c2)C=CN=CC1. The van der Waals surface area contributed by atoms with Gasteiger partial charge < -0.3 is 4.57 Å². The molecule has 4 aromatic rings. The van der Waals surface area contributed by atoms with Gasteiger partial charge in [0.2, 0.25) is 5.82 Å². The zero-order valence-electron chi connectivity index (χ0n) is 21.3. The van der Waals surface area contributed by atoms with Crippen LogP contribution in [-0.2, 0) is 18.4 Å². The lowest BCUT2D eigenvalue weighted by molar-refractivity contribution is 0.437. The first kappa shape index (κ1) is 24.6. The molecule has 9 nitrogen and oxygen atoms in total. The van der Waals surface area contributed by atoms with E-state index in [1.165, 1.54) is 10.6 Å². The molecule has 1 aliphatic rings. The molecule has 0 saturated heterocycles. The summed E-state index contributed by atoms with van der Waals surface area (Å²) in [5, 5.41) is 14.4. The van der Waals surface area contributed by atoms with Gasteiger partial charge in [-0.2, -0.15) is 5.21 Å². The van der Waals surface area contributed by atoms with Gasteiger partial charge >= 0.3 is 5.69 Å². The Morgan fingerprint density at radius 1 is 1.24 bits per heavy atom. The third-order valence-corrected chi connectivity index (χ3v) is 6.99. The molecule has 0 bridgehead atoms. The number of tetrazole rings is 1. The van der Waals surface area contributed by atoms with Crippen LogP contribution in [0.25, 0.3) is 17.2 Å². The van der Waals surface area contributed by atoms with Crippen molar-refractivity contribution < 1.29 is 4.39 Å². The first-order valence-corrected chi connectivity index (χ1v) is 12.6. The molecule has 0 amide bonds. The van der Waals surface area contributed by atoms with Gasteiger partial charge in [-0.3, -0.25) is 14.1 Å². The molecule has 5 rings (SSSR count). The molecule has 1 unspecified atom stereocenters. The van der Waals surface area contributed by atoms with Crippen LogP contribution in [0.3, 0.4) is 0 Å². The maximum atomic E-state index is 15.0. The number of nitrogens with one attached hydrogen (secondary N) is 1. The molecule has 1 atom stereocenters. The van der Waals surface area contributed by atoms with Crippen molar-refractivity contribution in [3.8, 4) is 17.2 Å². The number of aryl methyl sites for hydroxylation is 1. The van der Waals surface area contributed by atoms with E-state index in [-0.39, 0.29) is 17.5 Å². The standard InChI is InChI=1S/C27H31FN8O/c1-4-5-9-22-17-35(25-23(28)10-15-34(25)19(2)3)26(37)36(22)18-27(11-13-29-14-12-27)21-8-6-7-20(16-21)24-30-32-33-31-24/h6-8,10-11,13-17,19H,4-5,9,12,18H2,1-3H3,(H,30,31,32,33). The molecule has 1 aliphatic heterocycles. The van der Waals surface area contributed by atoms with E-state index in [1.807, 2.05) is 50.4 Å². The van der Waals surface area contributed by atoms with Crippen molar-refractivity contribution in [2.45, 2.75) is 64.5 Å². The molecule has 0 spiro atoms. The summed E-state index contributed by atoms with van der Waals surface area (Å²) in [4.78, 5) is 18.2. The van der Waals surface area contributed by atoms with E-state index >= 15 is 0 Å². The lowest BCUT2D eigenvalue weighted by atomic mass is 9.76. The van der Waals surface area contributed by atoms with Crippen molar-refractivity contribution >= 4 is 6.21 Å². The van der Waals surface area contributed by atoms with Crippen molar-refractivity contribution in [2.24, 2.45) is 4.99 Å². The molecular formula is C27H31FN8O. The van der Waals surface area contributed by atoms with E-state index < -0.39 is 11.2 Å². The summed E-state index contributed by atoms with van der Waals surface area (Å²) >= 11 is 0. The summed E-state index contributed by atoms with van der Waals surface area (Å²) < 4.78 is 20.0. The van der Waals surface area contributed by atoms with Crippen molar-refractivity contribution in [3.05, 3.63) is 82.6 Å². The van der Waals surface area contributed by atoms with E-state index in [2.05, 4.69) is 32.5 Å². The maximum absolute atomic E-state index is 15.0. The first-order chi connectivity index (χ1) is 17.9. The van der Waals surface area contributed by atoms with Crippen LogP contribution in [0.4, 0.5) is 4.39 Å². The van der Waals surface area contributed by atoms with Crippen LogP contribution in [0.2, 0.25) is 0 Å². The topological polar surface area (TPSA) is 98.7 Å². The van der Waals surface area contributed by atoms with Gasteiger partial charge in [0.05, 0.1) is 0 Å². The molecule has 1 N–H and O–H groups in total. The number of nitrogens with zero attached hydrogens (tertiary/aromatic N) is 7. The number of aromatic amines is 1. The van der Waals surface area contributed by atoms with E-state index in [4.69, 9.17) is 0 Å². The second kappa shape index (κ2) is 10.1. The third-order valence-electron chi connectivity index (χ3n) is 6.99. The van der Waals surface area contributed by atoms with Crippen LogP contribution in [0.5, 0.6) is 0 Å². The van der Waals surface area contributed by atoms with Gasteiger partial charge in [-0.15, -0.1) is 10.2 Å². The van der Waals surface area contributed by atoms with Gasteiger partial charge in [-0.1, -0.05) is 37.6 Å². The second-order valence-corrected chi connectivity index (χ2v) is 9.77. The Morgan fingerprint density at radius 3 is 2.81 bits per heavy atom. The number of imidazole rings is 1. The number of aliphatic imine (C=N–C) groups is 1. The minimum absolute atomic E-state index is 0.00514. The second-order valence-electron chi connectivity index (χ2n) is 9.77. The number of benzene rings is 1. The third kappa shape index (κ3) is 4.59. The van der Waals surface area contributed by atoms with Gasteiger partial charge in [-0.25, -0.2) is 9.18 Å². The minimum atomic E-state index is -0.531. The summed E-state index contributed by atoms with van der Waals surface area (Å²) in [6.07, 6.45) is 12.4. The normalized spacial score (nSPS) is 17.2. The number of unbranched alkanes of at least 4 members (excludes halogenated alkanes) is 1. The van der Waals surface area contributed by atoms with Crippen LogP contribution in [0.1, 0.15) is 57.3 Å². The smallest absolute Gasteiger partial charge is 0.329 e. The highest BCUT2D eigenvalue weighted by molar-refractivity contribution is 5.65. The van der Waals surface area contributed by atoms with Crippen molar-refractivity contribution in [2.75, 3.05) is 0 Å². The van der Waals surface area contributed by atoms with Crippen molar-refractivity contribution in [1.82, 2.24) is 34.3 Å². The predicted octanol–water partition coefficient (Wildman–Crippen LogP) is 4.61. The fraction of sp³-hybridized carbons (Fsp3) is 0.370. The average Bonchev–Trinajstić information content (AvgIpc) is 3.64. The Hall–Kier alpha value is -4.08. The Bertz CT molecular complexity index is 1490. The van der Waals surface area contributed by atoms with Crippen LogP contribution in [0.15, 0.2) is 64.8 Å². The van der Waals surface area contributed by atoms with Crippen LogP contribution in [-0.4, -0.2) is 40.5 Å². The lowest BCUT2D eigenvalue weighted by Gasteiger charge is -2.32. The highest BCUT2D eigenvalue weighted by Crippen LogP contribution is 2.35. The number of hydrogen-bond donors (Lipinski definition) is 1. The maximum Gasteiger partial charge on any atom is 0.334 e. The van der Waals surface area contributed by atoms with E-state index in [0.717, 1.165) is 36.1 Å². The Morgan fingerprint density at radius 2 is 2.11 bits per heavy atom. The van der Waals surface area contributed by atoms with E-state index in [9.17, 15) is 9.18 Å². The monoisotopic (exact) mass is 502 g/mol. The zero-order chi connectivity index (χ0) is 26.0. The molecule has 0 fully saturated rings. The molecule has 10 heteroatoms. The number of halogens is 1. The van der Waals surface area contributed by atoms with Gasteiger partial charge in [0, 0.05) is 54.1 Å². The number of H-pyrrole nitrogens is 1. The van der Waals surface area contributed by atoms with Crippen LogP contribution < -0.4 is 5.69 Å². The number of rotatable bonds is 9. The van der Waals surface area contributed by atoms with Crippen LogP contribution in [0, 0.1) is 5.82 Å². The van der Waals surface area contributed by atoms with Crippen molar-refractivity contribution in [3.63, 3.8) is 0 Å². The van der Waals surface area contributed by atoms with Crippen molar-refractivity contribution in [1.29, 1.82) is 0 Å². The average molecular weight is 503 g/mol. The molecule has 37 heavy (non-hydrogen) atoms. The Balaban J connectivity index is 1.63. The molecule has 192 valence electrons. The molecule has 0 aliphatic carbocycles. The van der Waals surface area contributed by atoms with Gasteiger partial charge in [0.25, 0.3) is 0 Å². The van der Waals surface area contributed by atoms with Gasteiger partial charge in [0.1, 0.15) is 0 Å². The highest BCUT2D eigenvalue weighted by atomic mass is 19.1. The fourth-order valence-electron chi connectivity index (χ4n) is 4.96. The minimum Gasteiger partial charge on any atom is -0.329 e. The summed E-state index contributed by atoms with van der Waals surface area (Å²) in [7, 11) is 0. The number of aromatic nitrogens is 7. The highest BCUT2D eigenvalue weighted by Gasteiger charge is 2.33. The van der Waals surface area contributed by atoms with E-state index in [1.54, 1.807) is 27.7 Å². The Labute approximate surface area is 214 Å². The molecular weight excluding hydrogens is 471 g/mol. The molecule has 0 radical (unpaired) electrons. The molecule has 0 saturated carbocycles. The largest absolute Gasteiger partial charge is 0.334 e. The zero-order valence-corrected chi connectivity index (χ0v) is 21.3. The van der Waals surface area contributed by atoms with Crippen LogP contribution >= 0.6 is 0 Å². The van der Waals surface area contributed by atoms with Gasteiger partial charge in [-0.05, 0) is 56.0 Å². The quantitative estimate of drug-likeness (QED) is 0.361. The molecule has 4 heterocycles. The number of hydrogen-bond acceptors (Lipinski definition) is 5. The fourth-order valence-corrected chi connectivity index (χ4v) is 4.96. The lowest BCUT2D eigenvalue weighted by Crippen LogP contribution is -2.37. The summed E-state index contributed by atoms with van der Waals surface area (Å²) in [6, 6.07) is 9.39. The first-order valence-electron chi connectivity index (χ1n) is 12.6. The molecule has 3 aromatic heterocycles. The Kier molecular flexibility index (Phi) is 6.73. The van der Waals surface area contributed by atoms with E-state index in [0.29, 0.717) is 18.8 Å². The summed E-state index contributed by atoms with van der Waals surface area (Å²) in [5.74, 6) is 0.356.